The van der Waals surface area contributed by atoms with Gasteiger partial charge >= 0.3 is 6.03 Å². The van der Waals surface area contributed by atoms with Crippen molar-refractivity contribution in [1.29, 1.82) is 0 Å². The molecule has 0 spiro atoms. The van der Waals surface area contributed by atoms with E-state index in [4.69, 9.17) is 4.42 Å². The van der Waals surface area contributed by atoms with E-state index in [0.29, 0.717) is 15.9 Å². The van der Waals surface area contributed by atoms with Crippen LogP contribution in [0.4, 0.5) is 9.93 Å². The number of carbonyl (C=O) groups is 1. The second-order valence-electron chi connectivity index (χ2n) is 5.99. The minimum absolute atomic E-state index is 0.135. The molecule has 0 aromatic carbocycles. The Morgan fingerprint density at radius 3 is 2.83 bits per heavy atom. The van der Waals surface area contributed by atoms with Crippen LogP contribution in [-0.4, -0.2) is 34.0 Å². The SMILES string of the molecule is CC(C)(C)[C@@H](CO)NC(=O)Nc1nnc(/C=C/c2ccco2)s1. The zero-order valence-electron chi connectivity index (χ0n) is 13.2. The van der Waals surface area contributed by atoms with Gasteiger partial charge in [0.05, 0.1) is 18.9 Å². The number of hydrogen-bond acceptors (Lipinski definition) is 6. The molecule has 23 heavy (non-hydrogen) atoms. The summed E-state index contributed by atoms with van der Waals surface area (Å²) in [5.41, 5.74) is -0.246. The standard InChI is InChI=1S/C15H20N4O3S/c1-15(2,3)11(9-20)16-13(21)17-14-19-18-12(23-14)7-6-10-5-4-8-22-10/h4-8,11,20H,9H2,1-3H3,(H2,16,17,19,21)/b7-6+/t11-/m1/s1. The summed E-state index contributed by atoms with van der Waals surface area (Å²) in [6.07, 6.45) is 5.11. The number of rotatable bonds is 5. The fourth-order valence-corrected chi connectivity index (χ4v) is 2.36. The molecule has 3 N–H and O–H groups in total. The summed E-state index contributed by atoms with van der Waals surface area (Å²) < 4.78 is 5.18. The molecule has 2 aromatic rings. The van der Waals surface area contributed by atoms with Crippen molar-refractivity contribution in [2.24, 2.45) is 5.41 Å². The lowest BCUT2D eigenvalue weighted by molar-refractivity contribution is 0.162. The maximum atomic E-state index is 12.0. The molecule has 1 atom stereocenters. The van der Waals surface area contributed by atoms with E-state index in [1.54, 1.807) is 24.5 Å². The van der Waals surface area contributed by atoms with Gasteiger partial charge in [0.1, 0.15) is 10.8 Å². The lowest BCUT2D eigenvalue weighted by Gasteiger charge is -2.29. The van der Waals surface area contributed by atoms with Crippen LogP contribution >= 0.6 is 11.3 Å². The number of urea groups is 1. The van der Waals surface area contributed by atoms with Crippen molar-refractivity contribution < 1.29 is 14.3 Å². The Kier molecular flexibility index (Phi) is 5.51. The molecule has 2 aromatic heterocycles. The van der Waals surface area contributed by atoms with Crippen molar-refractivity contribution in [3.63, 3.8) is 0 Å². The van der Waals surface area contributed by atoms with Crippen LogP contribution in [0.5, 0.6) is 0 Å². The van der Waals surface area contributed by atoms with Crippen molar-refractivity contribution in [3.05, 3.63) is 29.2 Å². The molecule has 8 heteroatoms. The van der Waals surface area contributed by atoms with E-state index in [-0.39, 0.29) is 18.1 Å². The van der Waals surface area contributed by atoms with Gasteiger partial charge in [0.25, 0.3) is 0 Å². The monoisotopic (exact) mass is 336 g/mol. The maximum absolute atomic E-state index is 12.0. The van der Waals surface area contributed by atoms with Gasteiger partial charge in [-0.3, -0.25) is 5.32 Å². The Morgan fingerprint density at radius 1 is 1.43 bits per heavy atom. The molecule has 0 saturated heterocycles. The van der Waals surface area contributed by atoms with Gasteiger partial charge in [0.15, 0.2) is 0 Å². The average Bonchev–Trinajstić information content (AvgIpc) is 3.12. The van der Waals surface area contributed by atoms with Crippen LogP contribution in [0.3, 0.4) is 0 Å². The summed E-state index contributed by atoms with van der Waals surface area (Å²) in [4.78, 5) is 12.0. The summed E-state index contributed by atoms with van der Waals surface area (Å²) in [7, 11) is 0. The highest BCUT2D eigenvalue weighted by atomic mass is 32.1. The van der Waals surface area contributed by atoms with E-state index >= 15 is 0 Å². The van der Waals surface area contributed by atoms with Crippen molar-refractivity contribution >= 4 is 34.7 Å². The first-order valence-corrected chi connectivity index (χ1v) is 7.93. The van der Waals surface area contributed by atoms with Gasteiger partial charge in [-0.2, -0.15) is 0 Å². The number of carbonyl (C=O) groups excluding carboxylic acids is 1. The van der Waals surface area contributed by atoms with E-state index in [2.05, 4.69) is 20.8 Å². The minimum atomic E-state index is -0.420. The fourth-order valence-electron chi connectivity index (χ4n) is 1.72. The number of aliphatic hydroxyl groups excluding tert-OH is 1. The normalized spacial score (nSPS) is 13.2. The van der Waals surface area contributed by atoms with Crippen LogP contribution in [0.1, 0.15) is 31.5 Å². The van der Waals surface area contributed by atoms with Gasteiger partial charge < -0.3 is 14.8 Å². The lowest BCUT2D eigenvalue weighted by Crippen LogP contribution is -2.47. The van der Waals surface area contributed by atoms with Crippen molar-refractivity contribution in [2.75, 3.05) is 11.9 Å². The van der Waals surface area contributed by atoms with Crippen molar-refractivity contribution in [1.82, 2.24) is 15.5 Å². The first-order valence-electron chi connectivity index (χ1n) is 7.12. The number of nitrogens with one attached hydrogen (secondary N) is 2. The fraction of sp³-hybridized carbons (Fsp3) is 0.400. The van der Waals surface area contributed by atoms with E-state index < -0.39 is 6.03 Å². The van der Waals surface area contributed by atoms with Gasteiger partial charge in [-0.15, -0.1) is 10.2 Å². The predicted molar refractivity (Wildman–Crippen MR) is 90.0 cm³/mol. The number of amides is 2. The molecule has 0 radical (unpaired) electrons. The summed E-state index contributed by atoms with van der Waals surface area (Å²) >= 11 is 1.24. The van der Waals surface area contributed by atoms with Gasteiger partial charge in [-0.1, -0.05) is 32.1 Å². The average molecular weight is 336 g/mol. The number of nitrogens with zero attached hydrogens (tertiary/aromatic N) is 2. The highest BCUT2D eigenvalue weighted by molar-refractivity contribution is 7.16. The Balaban J connectivity index is 1.92. The zero-order chi connectivity index (χ0) is 16.9. The molecule has 0 saturated carbocycles. The molecule has 124 valence electrons. The zero-order valence-corrected chi connectivity index (χ0v) is 14.1. The molecule has 0 aliphatic carbocycles. The third-order valence-corrected chi connectivity index (χ3v) is 3.93. The van der Waals surface area contributed by atoms with E-state index in [1.165, 1.54) is 11.3 Å². The highest BCUT2D eigenvalue weighted by Gasteiger charge is 2.25. The number of aromatic nitrogens is 2. The first-order chi connectivity index (χ1) is 10.9. The molecule has 0 aliphatic rings. The number of anilines is 1. The largest absolute Gasteiger partial charge is 0.465 e. The number of aliphatic hydroxyl groups is 1. The molecule has 0 aliphatic heterocycles. The Morgan fingerprint density at radius 2 is 2.22 bits per heavy atom. The van der Waals surface area contributed by atoms with Crippen LogP contribution in [-0.2, 0) is 0 Å². The first kappa shape index (κ1) is 17.2. The van der Waals surface area contributed by atoms with Crippen LogP contribution in [0.25, 0.3) is 12.2 Å². The second kappa shape index (κ2) is 7.38. The Labute approximate surface area is 138 Å². The van der Waals surface area contributed by atoms with E-state index in [0.717, 1.165) is 0 Å². The second-order valence-corrected chi connectivity index (χ2v) is 7.00. The Bertz CT molecular complexity index is 659. The van der Waals surface area contributed by atoms with Crippen molar-refractivity contribution in [2.45, 2.75) is 26.8 Å². The van der Waals surface area contributed by atoms with E-state index in [9.17, 15) is 9.90 Å². The van der Waals surface area contributed by atoms with E-state index in [1.807, 2.05) is 26.8 Å². The van der Waals surface area contributed by atoms with Crippen LogP contribution in [0.15, 0.2) is 22.8 Å². The molecule has 0 fully saturated rings. The summed E-state index contributed by atoms with van der Waals surface area (Å²) in [6.45, 7) is 5.69. The summed E-state index contributed by atoms with van der Waals surface area (Å²) in [5.74, 6) is 0.711. The summed E-state index contributed by atoms with van der Waals surface area (Å²) in [5, 5.41) is 23.6. The molecular formula is C15H20N4O3S. The van der Waals surface area contributed by atoms with Crippen LogP contribution in [0, 0.1) is 5.41 Å². The minimum Gasteiger partial charge on any atom is -0.465 e. The molecule has 0 bridgehead atoms. The quantitative estimate of drug-likeness (QED) is 0.779. The number of furan rings is 1. The molecule has 0 unspecified atom stereocenters. The molecular weight excluding hydrogens is 316 g/mol. The lowest BCUT2D eigenvalue weighted by atomic mass is 9.87. The smallest absolute Gasteiger partial charge is 0.321 e. The topological polar surface area (TPSA) is 100 Å². The van der Waals surface area contributed by atoms with Gasteiger partial charge in [-0.25, -0.2) is 4.79 Å². The van der Waals surface area contributed by atoms with Crippen molar-refractivity contribution in [3.8, 4) is 0 Å². The summed E-state index contributed by atoms with van der Waals surface area (Å²) in [6, 6.07) is 2.85. The number of hydrogen-bond donors (Lipinski definition) is 3. The maximum Gasteiger partial charge on any atom is 0.321 e. The molecule has 2 amide bonds. The van der Waals surface area contributed by atoms with Crippen LogP contribution < -0.4 is 10.6 Å². The predicted octanol–water partition coefficient (Wildman–Crippen LogP) is 2.83. The van der Waals surface area contributed by atoms with Gasteiger partial charge in [0.2, 0.25) is 5.13 Å². The highest BCUT2D eigenvalue weighted by Crippen LogP contribution is 2.20. The molecule has 7 nitrogen and oxygen atoms in total. The molecule has 2 rings (SSSR count). The third kappa shape index (κ3) is 5.19. The third-order valence-electron chi connectivity index (χ3n) is 3.13. The molecule has 2 heterocycles. The Hall–Kier alpha value is -2.19. The van der Waals surface area contributed by atoms with Gasteiger partial charge in [-0.05, 0) is 29.7 Å². The van der Waals surface area contributed by atoms with Crippen LogP contribution in [0.2, 0.25) is 0 Å². The van der Waals surface area contributed by atoms with Gasteiger partial charge in [0, 0.05) is 0 Å².